The van der Waals surface area contributed by atoms with Crippen molar-refractivity contribution in [2.75, 3.05) is 25.6 Å². The molecule has 1 aromatic rings. The van der Waals surface area contributed by atoms with Crippen molar-refractivity contribution in [1.29, 1.82) is 0 Å². The fraction of sp³-hybridized carbons (Fsp3) is 0.750. The Bertz CT molecular complexity index is 395. The van der Waals surface area contributed by atoms with Gasteiger partial charge in [-0.3, -0.25) is 10.00 Å². The van der Waals surface area contributed by atoms with E-state index in [9.17, 15) is 0 Å². The van der Waals surface area contributed by atoms with Gasteiger partial charge < -0.3 is 4.74 Å². The van der Waals surface area contributed by atoms with Gasteiger partial charge in [-0.25, -0.2) is 0 Å². The van der Waals surface area contributed by atoms with E-state index in [-0.39, 0.29) is 0 Å². The van der Waals surface area contributed by atoms with Crippen molar-refractivity contribution in [3.05, 3.63) is 17.5 Å². The number of H-pyrrole nitrogens is 1. The van der Waals surface area contributed by atoms with Gasteiger partial charge >= 0.3 is 0 Å². The number of likely N-dealkylation sites (N-methyl/N-ethyl adjacent to an activating group) is 1. The van der Waals surface area contributed by atoms with Crippen LogP contribution in [0.5, 0.6) is 0 Å². The van der Waals surface area contributed by atoms with Gasteiger partial charge in [-0.2, -0.15) is 16.9 Å². The average molecular weight is 253 g/mol. The maximum absolute atomic E-state index is 6.21. The van der Waals surface area contributed by atoms with Crippen LogP contribution in [0, 0.1) is 0 Å². The van der Waals surface area contributed by atoms with Gasteiger partial charge in [-0.05, 0) is 25.3 Å². The van der Waals surface area contributed by atoms with Crippen molar-refractivity contribution in [3.63, 3.8) is 0 Å². The van der Waals surface area contributed by atoms with Crippen molar-refractivity contribution in [2.45, 2.75) is 31.1 Å². The molecule has 0 saturated carbocycles. The second kappa shape index (κ2) is 4.63. The minimum absolute atomic E-state index is 0.321. The normalized spacial score (nSPS) is 33.2. The summed E-state index contributed by atoms with van der Waals surface area (Å²) in [6, 6.07) is 0.526. The number of morpholine rings is 1. The molecule has 1 aliphatic carbocycles. The molecule has 0 amide bonds. The number of nitrogens with zero attached hydrogens (tertiary/aromatic N) is 2. The number of nitrogens with one attached hydrogen (secondary N) is 1. The molecule has 0 radical (unpaired) electrons. The second-order valence-electron chi connectivity index (χ2n) is 5.02. The smallest absolute Gasteiger partial charge is 0.0796 e. The van der Waals surface area contributed by atoms with E-state index < -0.39 is 0 Å². The Morgan fingerprint density at radius 3 is 3.29 bits per heavy atom. The SMILES string of the molecule is CSC[C@H]1CN(C)[C@@H]2Cc3c[nH]nc3C[C@H]2O1. The Balaban J connectivity index is 1.77. The monoisotopic (exact) mass is 253 g/mol. The molecule has 0 bridgehead atoms. The predicted molar refractivity (Wildman–Crippen MR) is 69.5 cm³/mol. The van der Waals surface area contributed by atoms with Crippen molar-refractivity contribution >= 4 is 11.8 Å². The molecule has 1 fully saturated rings. The number of ether oxygens (including phenoxy) is 1. The van der Waals surface area contributed by atoms with E-state index in [0.29, 0.717) is 18.2 Å². The lowest BCUT2D eigenvalue weighted by atomic mass is 9.88. The fourth-order valence-electron chi connectivity index (χ4n) is 2.98. The molecule has 1 aliphatic heterocycles. The highest BCUT2D eigenvalue weighted by Crippen LogP contribution is 2.29. The maximum Gasteiger partial charge on any atom is 0.0796 e. The molecule has 3 atom stereocenters. The molecular formula is C12H19N3OS. The molecule has 0 spiro atoms. The zero-order valence-corrected chi connectivity index (χ0v) is 11.2. The molecular weight excluding hydrogens is 234 g/mol. The average Bonchev–Trinajstić information content (AvgIpc) is 2.74. The molecule has 4 nitrogen and oxygen atoms in total. The van der Waals surface area contributed by atoms with Crippen LogP contribution >= 0.6 is 11.8 Å². The minimum atomic E-state index is 0.321. The maximum atomic E-state index is 6.21. The first-order valence-electron chi connectivity index (χ1n) is 6.14. The Kier molecular flexibility index (Phi) is 3.15. The summed E-state index contributed by atoms with van der Waals surface area (Å²) in [5.41, 5.74) is 2.56. The zero-order chi connectivity index (χ0) is 11.8. The molecule has 0 aromatic carbocycles. The molecule has 17 heavy (non-hydrogen) atoms. The molecule has 94 valence electrons. The molecule has 3 rings (SSSR count). The molecule has 2 aliphatic rings. The predicted octanol–water partition coefficient (Wildman–Crippen LogP) is 0.939. The van der Waals surface area contributed by atoms with Gasteiger partial charge in [0.25, 0.3) is 0 Å². The molecule has 1 N–H and O–H groups in total. The quantitative estimate of drug-likeness (QED) is 0.851. The first-order valence-corrected chi connectivity index (χ1v) is 7.53. The van der Waals surface area contributed by atoms with Gasteiger partial charge in [-0.1, -0.05) is 0 Å². The Morgan fingerprint density at radius 1 is 1.59 bits per heavy atom. The summed E-state index contributed by atoms with van der Waals surface area (Å²) in [7, 11) is 2.22. The molecule has 5 heteroatoms. The van der Waals surface area contributed by atoms with Crippen LogP contribution in [-0.4, -0.2) is 58.9 Å². The summed E-state index contributed by atoms with van der Waals surface area (Å²) in [6.45, 7) is 1.05. The fourth-order valence-corrected chi connectivity index (χ4v) is 3.54. The zero-order valence-electron chi connectivity index (χ0n) is 10.3. The molecule has 1 saturated heterocycles. The van der Waals surface area contributed by atoms with E-state index in [1.165, 1.54) is 11.3 Å². The second-order valence-corrected chi connectivity index (χ2v) is 5.93. The van der Waals surface area contributed by atoms with Gasteiger partial charge in [0.15, 0.2) is 0 Å². The van der Waals surface area contributed by atoms with Crippen molar-refractivity contribution < 1.29 is 4.74 Å². The lowest BCUT2D eigenvalue weighted by molar-refractivity contribution is -0.105. The standard InChI is InChI=1S/C12H19N3OS/c1-15-6-9(7-17-2)16-12-4-10-8(3-11(12)15)5-13-14-10/h5,9,11-12H,3-4,6-7H2,1-2H3,(H,13,14)/t9-,11-,12-/m1/s1. The summed E-state index contributed by atoms with van der Waals surface area (Å²) in [5.74, 6) is 1.08. The third-order valence-electron chi connectivity index (χ3n) is 3.84. The van der Waals surface area contributed by atoms with E-state index in [1.807, 2.05) is 18.0 Å². The Morgan fingerprint density at radius 2 is 2.47 bits per heavy atom. The van der Waals surface area contributed by atoms with Crippen molar-refractivity contribution in [2.24, 2.45) is 0 Å². The van der Waals surface area contributed by atoms with E-state index in [1.54, 1.807) is 0 Å². The highest BCUT2D eigenvalue weighted by Gasteiger charge is 2.38. The largest absolute Gasteiger partial charge is 0.371 e. The van der Waals surface area contributed by atoms with Crippen LogP contribution in [0.4, 0.5) is 0 Å². The third kappa shape index (κ3) is 2.11. The Labute approximate surface area is 106 Å². The summed E-state index contributed by atoms with van der Waals surface area (Å²) in [6.07, 6.45) is 6.89. The highest BCUT2D eigenvalue weighted by molar-refractivity contribution is 7.98. The first kappa shape index (κ1) is 11.6. The summed E-state index contributed by atoms with van der Waals surface area (Å²) < 4.78 is 6.21. The van der Waals surface area contributed by atoms with Crippen molar-refractivity contribution in [1.82, 2.24) is 15.1 Å². The van der Waals surface area contributed by atoms with Crippen LogP contribution in [0.2, 0.25) is 0 Å². The molecule has 1 aromatic heterocycles. The van der Waals surface area contributed by atoms with Crippen LogP contribution in [0.3, 0.4) is 0 Å². The number of aromatic amines is 1. The van der Waals surface area contributed by atoms with Crippen LogP contribution in [0.15, 0.2) is 6.20 Å². The van der Waals surface area contributed by atoms with E-state index in [4.69, 9.17) is 4.74 Å². The van der Waals surface area contributed by atoms with E-state index >= 15 is 0 Å². The number of fused-ring (bicyclic) bond motifs is 2. The van der Waals surface area contributed by atoms with Crippen LogP contribution in [0.1, 0.15) is 11.3 Å². The van der Waals surface area contributed by atoms with Crippen LogP contribution in [-0.2, 0) is 17.6 Å². The van der Waals surface area contributed by atoms with Gasteiger partial charge in [-0.15, -0.1) is 0 Å². The third-order valence-corrected chi connectivity index (χ3v) is 4.54. The van der Waals surface area contributed by atoms with E-state index in [2.05, 4.69) is 28.4 Å². The number of hydrogen-bond donors (Lipinski definition) is 1. The lowest BCUT2D eigenvalue weighted by Crippen LogP contribution is -2.56. The highest BCUT2D eigenvalue weighted by atomic mass is 32.2. The summed E-state index contributed by atoms with van der Waals surface area (Å²) in [5, 5.41) is 7.29. The first-order chi connectivity index (χ1) is 8.28. The van der Waals surface area contributed by atoms with Gasteiger partial charge in [0, 0.05) is 31.0 Å². The summed E-state index contributed by atoms with van der Waals surface area (Å²) >= 11 is 1.86. The number of hydrogen-bond acceptors (Lipinski definition) is 4. The number of rotatable bonds is 2. The van der Waals surface area contributed by atoms with E-state index in [0.717, 1.165) is 25.1 Å². The van der Waals surface area contributed by atoms with Crippen LogP contribution < -0.4 is 0 Å². The number of thioether (sulfide) groups is 1. The van der Waals surface area contributed by atoms with Crippen LogP contribution in [0.25, 0.3) is 0 Å². The summed E-state index contributed by atoms with van der Waals surface area (Å²) in [4.78, 5) is 2.46. The van der Waals surface area contributed by atoms with Gasteiger partial charge in [0.05, 0.1) is 17.9 Å². The lowest BCUT2D eigenvalue weighted by Gasteiger charge is -2.45. The van der Waals surface area contributed by atoms with Gasteiger partial charge in [0.1, 0.15) is 0 Å². The minimum Gasteiger partial charge on any atom is -0.371 e. The topological polar surface area (TPSA) is 41.2 Å². The number of aromatic nitrogens is 2. The Hall–Kier alpha value is -0.520. The van der Waals surface area contributed by atoms with Crippen molar-refractivity contribution in [3.8, 4) is 0 Å². The molecule has 0 unspecified atom stereocenters. The van der Waals surface area contributed by atoms with Gasteiger partial charge in [0.2, 0.25) is 0 Å². The molecule has 2 heterocycles.